The zero-order valence-electron chi connectivity index (χ0n) is 8.66. The molecule has 1 aliphatic heterocycles. The Labute approximate surface area is 93.9 Å². The van der Waals surface area contributed by atoms with Crippen LogP contribution in [0.25, 0.3) is 0 Å². The summed E-state index contributed by atoms with van der Waals surface area (Å²) in [4.78, 5) is 11.5. The number of hydrogen-bond acceptors (Lipinski definition) is 3. The lowest BCUT2D eigenvalue weighted by Gasteiger charge is -2.09. The van der Waals surface area contributed by atoms with E-state index in [0.29, 0.717) is 12.3 Å². The normalized spacial score (nSPS) is 20.4. The Kier molecular flexibility index (Phi) is 3.75. The fourth-order valence-corrected chi connectivity index (χ4v) is 2.46. The van der Waals surface area contributed by atoms with Crippen LogP contribution >= 0.6 is 11.3 Å². The van der Waals surface area contributed by atoms with Crippen LogP contribution in [-0.4, -0.2) is 25.5 Å². The van der Waals surface area contributed by atoms with Gasteiger partial charge in [-0.1, -0.05) is 0 Å². The second kappa shape index (κ2) is 5.28. The molecule has 0 bridgehead atoms. The van der Waals surface area contributed by atoms with Gasteiger partial charge < -0.3 is 10.6 Å². The third-order valence-electron chi connectivity index (χ3n) is 2.70. The topological polar surface area (TPSA) is 41.1 Å². The number of carbonyl (C=O) groups is 1. The van der Waals surface area contributed by atoms with Gasteiger partial charge in [-0.15, -0.1) is 0 Å². The standard InChI is InChI=1S/C11H16N2OS/c14-11(5-9-2-4-15-8-9)13-7-10-1-3-12-6-10/h2,4,8,10,12H,1,3,5-7H2,(H,13,14). The summed E-state index contributed by atoms with van der Waals surface area (Å²) in [7, 11) is 0. The molecule has 0 aliphatic carbocycles. The van der Waals surface area contributed by atoms with Crippen LogP contribution in [0.2, 0.25) is 0 Å². The van der Waals surface area contributed by atoms with E-state index < -0.39 is 0 Å². The summed E-state index contributed by atoms with van der Waals surface area (Å²) >= 11 is 1.63. The molecule has 1 amide bonds. The molecule has 2 heterocycles. The lowest BCUT2D eigenvalue weighted by molar-refractivity contribution is -0.120. The summed E-state index contributed by atoms with van der Waals surface area (Å²) < 4.78 is 0. The molecule has 1 saturated heterocycles. The smallest absolute Gasteiger partial charge is 0.224 e. The predicted octanol–water partition coefficient (Wildman–Crippen LogP) is 1.02. The minimum Gasteiger partial charge on any atom is -0.355 e. The number of nitrogens with one attached hydrogen (secondary N) is 2. The fourth-order valence-electron chi connectivity index (χ4n) is 1.79. The highest BCUT2D eigenvalue weighted by molar-refractivity contribution is 7.07. The van der Waals surface area contributed by atoms with Gasteiger partial charge in [0, 0.05) is 6.54 Å². The van der Waals surface area contributed by atoms with Crippen molar-refractivity contribution in [3.8, 4) is 0 Å². The molecule has 15 heavy (non-hydrogen) atoms. The Hall–Kier alpha value is -0.870. The lowest BCUT2D eigenvalue weighted by atomic mass is 10.1. The molecule has 1 aromatic rings. The fraction of sp³-hybridized carbons (Fsp3) is 0.545. The van der Waals surface area contributed by atoms with E-state index in [9.17, 15) is 4.79 Å². The molecule has 2 N–H and O–H groups in total. The van der Waals surface area contributed by atoms with Crippen LogP contribution in [-0.2, 0) is 11.2 Å². The number of carbonyl (C=O) groups excluding carboxylic acids is 1. The first kappa shape index (κ1) is 10.6. The molecule has 0 saturated carbocycles. The van der Waals surface area contributed by atoms with Gasteiger partial charge in [0.15, 0.2) is 0 Å². The lowest BCUT2D eigenvalue weighted by Crippen LogP contribution is -2.31. The van der Waals surface area contributed by atoms with E-state index in [2.05, 4.69) is 10.6 Å². The Morgan fingerprint density at radius 1 is 1.67 bits per heavy atom. The van der Waals surface area contributed by atoms with Crippen molar-refractivity contribution >= 4 is 17.2 Å². The number of rotatable bonds is 4. The second-order valence-electron chi connectivity index (χ2n) is 3.97. The molecule has 1 aromatic heterocycles. The van der Waals surface area contributed by atoms with Gasteiger partial charge >= 0.3 is 0 Å². The van der Waals surface area contributed by atoms with Crippen molar-refractivity contribution in [2.75, 3.05) is 19.6 Å². The van der Waals surface area contributed by atoms with Crippen molar-refractivity contribution in [1.29, 1.82) is 0 Å². The van der Waals surface area contributed by atoms with Crippen molar-refractivity contribution < 1.29 is 4.79 Å². The van der Waals surface area contributed by atoms with Gasteiger partial charge in [-0.05, 0) is 47.8 Å². The molecule has 4 heteroatoms. The molecule has 0 radical (unpaired) electrons. The Balaban J connectivity index is 1.68. The Morgan fingerprint density at radius 2 is 2.60 bits per heavy atom. The first-order chi connectivity index (χ1) is 7.34. The maximum Gasteiger partial charge on any atom is 0.224 e. The number of thiophene rings is 1. The van der Waals surface area contributed by atoms with Gasteiger partial charge in [-0.3, -0.25) is 4.79 Å². The monoisotopic (exact) mass is 224 g/mol. The van der Waals surface area contributed by atoms with E-state index in [1.165, 1.54) is 6.42 Å². The molecule has 82 valence electrons. The van der Waals surface area contributed by atoms with Crippen LogP contribution in [0.1, 0.15) is 12.0 Å². The van der Waals surface area contributed by atoms with Crippen LogP contribution in [0, 0.1) is 5.92 Å². The molecule has 3 nitrogen and oxygen atoms in total. The molecule has 1 fully saturated rings. The van der Waals surface area contributed by atoms with Gasteiger partial charge in [-0.2, -0.15) is 11.3 Å². The van der Waals surface area contributed by atoms with Crippen LogP contribution < -0.4 is 10.6 Å². The minimum absolute atomic E-state index is 0.139. The maximum atomic E-state index is 11.5. The van der Waals surface area contributed by atoms with Gasteiger partial charge in [0.1, 0.15) is 0 Å². The summed E-state index contributed by atoms with van der Waals surface area (Å²) in [5.74, 6) is 0.761. The molecule has 2 rings (SSSR count). The van der Waals surface area contributed by atoms with Crippen molar-refractivity contribution in [2.24, 2.45) is 5.92 Å². The van der Waals surface area contributed by atoms with E-state index in [0.717, 1.165) is 25.2 Å². The van der Waals surface area contributed by atoms with E-state index in [1.807, 2.05) is 16.8 Å². The Morgan fingerprint density at radius 3 is 3.27 bits per heavy atom. The van der Waals surface area contributed by atoms with Gasteiger partial charge in [-0.25, -0.2) is 0 Å². The minimum atomic E-state index is 0.139. The quantitative estimate of drug-likeness (QED) is 0.801. The van der Waals surface area contributed by atoms with Crippen molar-refractivity contribution in [1.82, 2.24) is 10.6 Å². The van der Waals surface area contributed by atoms with Gasteiger partial charge in [0.25, 0.3) is 0 Å². The van der Waals surface area contributed by atoms with Crippen molar-refractivity contribution in [2.45, 2.75) is 12.8 Å². The molecular weight excluding hydrogens is 208 g/mol. The highest BCUT2D eigenvalue weighted by atomic mass is 32.1. The van der Waals surface area contributed by atoms with Gasteiger partial charge in [0.05, 0.1) is 6.42 Å². The second-order valence-corrected chi connectivity index (χ2v) is 4.75. The summed E-state index contributed by atoms with van der Waals surface area (Å²) in [6.07, 6.45) is 1.70. The third-order valence-corrected chi connectivity index (χ3v) is 3.43. The number of hydrogen-bond donors (Lipinski definition) is 2. The van der Waals surface area contributed by atoms with E-state index in [4.69, 9.17) is 0 Å². The molecule has 0 aromatic carbocycles. The average molecular weight is 224 g/mol. The van der Waals surface area contributed by atoms with Crippen molar-refractivity contribution in [3.63, 3.8) is 0 Å². The largest absolute Gasteiger partial charge is 0.355 e. The predicted molar refractivity (Wildman–Crippen MR) is 62.0 cm³/mol. The molecule has 0 spiro atoms. The summed E-state index contributed by atoms with van der Waals surface area (Å²) in [5.41, 5.74) is 1.11. The first-order valence-electron chi connectivity index (χ1n) is 5.33. The molecule has 1 atom stereocenters. The Bertz CT molecular complexity index is 304. The van der Waals surface area contributed by atoms with Crippen molar-refractivity contribution in [3.05, 3.63) is 22.4 Å². The summed E-state index contributed by atoms with van der Waals surface area (Å²) in [6, 6.07) is 2.00. The third kappa shape index (κ3) is 3.32. The highest BCUT2D eigenvalue weighted by Gasteiger charge is 2.14. The van der Waals surface area contributed by atoms with Gasteiger partial charge in [0.2, 0.25) is 5.91 Å². The zero-order valence-corrected chi connectivity index (χ0v) is 9.48. The van der Waals surface area contributed by atoms with E-state index in [1.54, 1.807) is 11.3 Å². The van der Waals surface area contributed by atoms with Crippen LogP contribution in [0.15, 0.2) is 16.8 Å². The first-order valence-corrected chi connectivity index (χ1v) is 6.27. The van der Waals surface area contributed by atoms with E-state index >= 15 is 0 Å². The average Bonchev–Trinajstić information content (AvgIpc) is 2.86. The van der Waals surface area contributed by atoms with Crippen LogP contribution in [0.3, 0.4) is 0 Å². The van der Waals surface area contributed by atoms with Crippen LogP contribution in [0.5, 0.6) is 0 Å². The summed E-state index contributed by atoms with van der Waals surface area (Å²) in [5, 5.41) is 10.3. The molecule has 1 aliphatic rings. The highest BCUT2D eigenvalue weighted by Crippen LogP contribution is 2.07. The molecular formula is C11H16N2OS. The summed E-state index contributed by atoms with van der Waals surface area (Å²) in [6.45, 7) is 2.94. The molecule has 1 unspecified atom stereocenters. The van der Waals surface area contributed by atoms with E-state index in [-0.39, 0.29) is 5.91 Å². The van der Waals surface area contributed by atoms with Crippen LogP contribution in [0.4, 0.5) is 0 Å². The SMILES string of the molecule is O=C(Cc1ccsc1)NCC1CCNC1. The zero-order chi connectivity index (χ0) is 10.5. The maximum absolute atomic E-state index is 11.5. The number of amides is 1.